The van der Waals surface area contributed by atoms with Gasteiger partial charge in [-0.15, -0.1) is 0 Å². The van der Waals surface area contributed by atoms with Gasteiger partial charge in [0.1, 0.15) is 5.54 Å². The third-order valence-electron chi connectivity index (χ3n) is 5.58. The Labute approximate surface area is 150 Å². The first kappa shape index (κ1) is 17.9. The van der Waals surface area contributed by atoms with Crippen molar-refractivity contribution >= 4 is 11.9 Å². The summed E-state index contributed by atoms with van der Waals surface area (Å²) in [7, 11) is 0. The van der Waals surface area contributed by atoms with E-state index in [4.69, 9.17) is 0 Å². The molecule has 3 amide bonds. The molecule has 1 aromatic carbocycles. The van der Waals surface area contributed by atoms with Crippen molar-refractivity contribution in [2.24, 2.45) is 0 Å². The molecular formula is C20H29N3O2. The molecule has 5 heteroatoms. The summed E-state index contributed by atoms with van der Waals surface area (Å²) in [5.74, 6) is 0.429. The maximum atomic E-state index is 11.9. The van der Waals surface area contributed by atoms with Crippen LogP contribution in [0.3, 0.4) is 0 Å². The smallest absolute Gasteiger partial charge is 0.322 e. The molecule has 1 aromatic rings. The van der Waals surface area contributed by atoms with E-state index in [1.807, 2.05) is 0 Å². The van der Waals surface area contributed by atoms with Crippen molar-refractivity contribution in [3.8, 4) is 0 Å². The van der Waals surface area contributed by atoms with Gasteiger partial charge in [0.2, 0.25) is 0 Å². The number of urea groups is 1. The standard InChI is InChI=1S/C20H29N3O2/c1-14(2)16-7-5-15(6-8-16)4-3-13-21-17-9-11-20(12-10-17)18(24)22-19(25)23-20/h5-8,14,17,21H,3-4,9-13H2,1-2H3,(H2,22,23,24,25). The molecule has 25 heavy (non-hydrogen) atoms. The van der Waals surface area contributed by atoms with Crippen LogP contribution in [-0.2, 0) is 11.2 Å². The first-order valence-electron chi connectivity index (χ1n) is 9.44. The van der Waals surface area contributed by atoms with Crippen LogP contribution in [-0.4, -0.2) is 30.1 Å². The van der Waals surface area contributed by atoms with E-state index in [1.54, 1.807) is 0 Å². The van der Waals surface area contributed by atoms with Crippen LogP contribution in [0.4, 0.5) is 4.79 Å². The fourth-order valence-corrected chi connectivity index (χ4v) is 3.86. The van der Waals surface area contributed by atoms with Gasteiger partial charge in [0.05, 0.1) is 0 Å². The summed E-state index contributed by atoms with van der Waals surface area (Å²) in [6.45, 7) is 5.42. The van der Waals surface area contributed by atoms with E-state index >= 15 is 0 Å². The molecule has 1 heterocycles. The molecule has 3 rings (SSSR count). The summed E-state index contributed by atoms with van der Waals surface area (Å²) in [4.78, 5) is 23.3. The van der Waals surface area contributed by atoms with E-state index in [0.717, 1.165) is 45.1 Å². The molecule has 1 saturated carbocycles. The minimum absolute atomic E-state index is 0.152. The number of hydrogen-bond acceptors (Lipinski definition) is 3. The van der Waals surface area contributed by atoms with Crippen molar-refractivity contribution in [1.29, 1.82) is 0 Å². The van der Waals surface area contributed by atoms with Crippen LogP contribution in [0.25, 0.3) is 0 Å². The number of carbonyl (C=O) groups is 2. The molecule has 0 bridgehead atoms. The number of rotatable bonds is 6. The zero-order chi connectivity index (χ0) is 17.9. The molecule has 2 fully saturated rings. The van der Waals surface area contributed by atoms with Crippen molar-refractivity contribution in [2.75, 3.05) is 6.54 Å². The zero-order valence-electron chi connectivity index (χ0n) is 15.2. The molecule has 0 radical (unpaired) electrons. The largest absolute Gasteiger partial charge is 0.323 e. The number of imide groups is 1. The molecule has 5 nitrogen and oxygen atoms in total. The van der Waals surface area contributed by atoms with Gasteiger partial charge in [-0.25, -0.2) is 4.79 Å². The number of carbonyl (C=O) groups excluding carboxylic acids is 2. The third kappa shape index (κ3) is 4.21. The van der Waals surface area contributed by atoms with Crippen LogP contribution in [0.2, 0.25) is 0 Å². The molecule has 3 N–H and O–H groups in total. The number of nitrogens with one attached hydrogen (secondary N) is 3. The van der Waals surface area contributed by atoms with Crippen molar-refractivity contribution in [3.63, 3.8) is 0 Å². The maximum Gasteiger partial charge on any atom is 0.322 e. The van der Waals surface area contributed by atoms with E-state index < -0.39 is 5.54 Å². The molecule has 2 aliphatic rings. The van der Waals surface area contributed by atoms with Crippen LogP contribution in [0.15, 0.2) is 24.3 Å². The summed E-state index contributed by atoms with van der Waals surface area (Å²) in [5, 5.41) is 8.79. The predicted octanol–water partition coefficient (Wildman–Crippen LogP) is 2.85. The van der Waals surface area contributed by atoms with Crippen LogP contribution in [0, 0.1) is 0 Å². The van der Waals surface area contributed by atoms with Crippen molar-refractivity contribution < 1.29 is 9.59 Å². The minimum Gasteiger partial charge on any atom is -0.323 e. The molecule has 0 aromatic heterocycles. The molecule has 1 spiro atoms. The summed E-state index contributed by atoms with van der Waals surface area (Å²) in [5.41, 5.74) is 2.13. The van der Waals surface area contributed by atoms with Gasteiger partial charge in [0, 0.05) is 6.04 Å². The third-order valence-corrected chi connectivity index (χ3v) is 5.58. The van der Waals surface area contributed by atoms with E-state index in [-0.39, 0.29) is 11.9 Å². The summed E-state index contributed by atoms with van der Waals surface area (Å²) < 4.78 is 0. The lowest BCUT2D eigenvalue weighted by Gasteiger charge is -2.35. The Bertz CT molecular complexity index is 616. The lowest BCUT2D eigenvalue weighted by Crippen LogP contribution is -2.52. The highest BCUT2D eigenvalue weighted by molar-refractivity contribution is 6.07. The molecule has 136 valence electrons. The molecule has 1 aliphatic heterocycles. The Balaban J connectivity index is 1.36. The van der Waals surface area contributed by atoms with Crippen molar-refractivity contribution in [3.05, 3.63) is 35.4 Å². The highest BCUT2D eigenvalue weighted by Crippen LogP contribution is 2.30. The van der Waals surface area contributed by atoms with Gasteiger partial charge in [-0.1, -0.05) is 38.1 Å². The normalized spacial score (nSPS) is 26.1. The fourth-order valence-electron chi connectivity index (χ4n) is 3.86. The molecule has 0 unspecified atom stereocenters. The van der Waals surface area contributed by atoms with Gasteiger partial charge in [-0.05, 0) is 62.1 Å². The maximum absolute atomic E-state index is 11.9. The number of hydrogen-bond donors (Lipinski definition) is 3. The Morgan fingerprint density at radius 1 is 1.16 bits per heavy atom. The highest BCUT2D eigenvalue weighted by Gasteiger charge is 2.47. The van der Waals surface area contributed by atoms with Crippen LogP contribution in [0.1, 0.15) is 63.0 Å². The minimum atomic E-state index is -0.645. The summed E-state index contributed by atoms with van der Waals surface area (Å²) in [6, 6.07) is 9.03. The van der Waals surface area contributed by atoms with E-state index in [2.05, 4.69) is 54.1 Å². The Morgan fingerprint density at radius 2 is 1.84 bits per heavy atom. The number of benzene rings is 1. The lowest BCUT2D eigenvalue weighted by atomic mass is 9.79. The van der Waals surface area contributed by atoms with Crippen LogP contribution >= 0.6 is 0 Å². The quantitative estimate of drug-likeness (QED) is 0.549. The average molecular weight is 343 g/mol. The first-order valence-corrected chi connectivity index (χ1v) is 9.44. The topological polar surface area (TPSA) is 70.2 Å². The van der Waals surface area contributed by atoms with E-state index in [0.29, 0.717) is 12.0 Å². The van der Waals surface area contributed by atoms with Gasteiger partial charge in [-0.2, -0.15) is 0 Å². The number of aryl methyl sites for hydroxylation is 1. The van der Waals surface area contributed by atoms with E-state index in [9.17, 15) is 9.59 Å². The van der Waals surface area contributed by atoms with Gasteiger partial charge < -0.3 is 10.6 Å². The monoisotopic (exact) mass is 343 g/mol. The van der Waals surface area contributed by atoms with Gasteiger partial charge >= 0.3 is 6.03 Å². The first-order chi connectivity index (χ1) is 12.0. The molecule has 0 atom stereocenters. The SMILES string of the molecule is CC(C)c1ccc(CCCNC2CCC3(CC2)NC(=O)NC3=O)cc1. The van der Waals surface area contributed by atoms with Crippen LogP contribution < -0.4 is 16.0 Å². The van der Waals surface area contributed by atoms with Gasteiger partial charge in [-0.3, -0.25) is 10.1 Å². The predicted molar refractivity (Wildman–Crippen MR) is 98.5 cm³/mol. The average Bonchev–Trinajstić information content (AvgIpc) is 2.87. The van der Waals surface area contributed by atoms with E-state index in [1.165, 1.54) is 11.1 Å². The van der Waals surface area contributed by atoms with Crippen LogP contribution in [0.5, 0.6) is 0 Å². The Kier molecular flexibility index (Phi) is 5.42. The van der Waals surface area contributed by atoms with Gasteiger partial charge in [0.25, 0.3) is 5.91 Å². The fraction of sp³-hybridized carbons (Fsp3) is 0.600. The Morgan fingerprint density at radius 3 is 2.40 bits per heavy atom. The van der Waals surface area contributed by atoms with Gasteiger partial charge in [0.15, 0.2) is 0 Å². The highest BCUT2D eigenvalue weighted by atomic mass is 16.2. The van der Waals surface area contributed by atoms with Crippen molar-refractivity contribution in [2.45, 2.75) is 69.9 Å². The second-order valence-electron chi connectivity index (χ2n) is 7.72. The van der Waals surface area contributed by atoms with Crippen molar-refractivity contribution in [1.82, 2.24) is 16.0 Å². The molecule has 1 aliphatic carbocycles. The lowest BCUT2D eigenvalue weighted by molar-refractivity contribution is -0.125. The second kappa shape index (κ2) is 7.56. The second-order valence-corrected chi connectivity index (χ2v) is 7.72. The summed E-state index contributed by atoms with van der Waals surface area (Å²) >= 11 is 0. The Hall–Kier alpha value is -1.88. The number of amides is 3. The zero-order valence-corrected chi connectivity index (χ0v) is 15.2. The molecule has 1 saturated heterocycles. The molecular weight excluding hydrogens is 314 g/mol. The summed E-state index contributed by atoms with van der Waals surface area (Å²) in [6.07, 6.45) is 5.49.